The van der Waals surface area contributed by atoms with Gasteiger partial charge < -0.3 is 4.74 Å². The third-order valence-electron chi connectivity index (χ3n) is 1.98. The second kappa shape index (κ2) is 5.52. The van der Waals surface area contributed by atoms with Crippen LogP contribution in [0.2, 0.25) is 0 Å². The van der Waals surface area contributed by atoms with Crippen molar-refractivity contribution in [3.63, 3.8) is 0 Å². The van der Waals surface area contributed by atoms with Crippen LogP contribution < -0.4 is 5.32 Å². The molecule has 0 aromatic rings. The molecule has 1 heterocycles. The van der Waals surface area contributed by atoms with Gasteiger partial charge in [0.2, 0.25) is 0 Å². The van der Waals surface area contributed by atoms with Gasteiger partial charge in [-0.15, -0.1) is 0 Å². The predicted molar refractivity (Wildman–Crippen MR) is 44.8 cm³/mol. The molecule has 3 nitrogen and oxygen atoms in total. The maximum atomic E-state index is 5.01. The van der Waals surface area contributed by atoms with E-state index in [9.17, 15) is 0 Å². The van der Waals surface area contributed by atoms with Crippen molar-refractivity contribution in [2.45, 2.75) is 6.42 Å². The Morgan fingerprint density at radius 1 is 1.36 bits per heavy atom. The van der Waals surface area contributed by atoms with Crippen LogP contribution in [-0.2, 0) is 4.74 Å². The SMILES string of the molecule is COCCN1CCC[N]CC1. The van der Waals surface area contributed by atoms with Crippen LogP contribution in [-0.4, -0.2) is 51.3 Å². The van der Waals surface area contributed by atoms with E-state index < -0.39 is 0 Å². The monoisotopic (exact) mass is 157 g/mol. The maximum absolute atomic E-state index is 5.01. The second-order valence-electron chi connectivity index (χ2n) is 2.86. The van der Waals surface area contributed by atoms with Crippen LogP contribution in [0.4, 0.5) is 0 Å². The van der Waals surface area contributed by atoms with Crippen molar-refractivity contribution >= 4 is 0 Å². The summed E-state index contributed by atoms with van der Waals surface area (Å²) in [4.78, 5) is 2.42. The van der Waals surface area contributed by atoms with Gasteiger partial charge in [-0.05, 0) is 13.0 Å². The number of rotatable bonds is 3. The molecule has 0 amide bonds. The smallest absolute Gasteiger partial charge is 0.0589 e. The Balaban J connectivity index is 2.09. The van der Waals surface area contributed by atoms with Gasteiger partial charge in [0.1, 0.15) is 0 Å². The minimum absolute atomic E-state index is 0.847. The van der Waals surface area contributed by atoms with Gasteiger partial charge in [0.15, 0.2) is 0 Å². The van der Waals surface area contributed by atoms with E-state index in [-0.39, 0.29) is 0 Å². The van der Waals surface area contributed by atoms with E-state index in [0.717, 1.165) is 32.8 Å². The molecule has 1 fully saturated rings. The molecule has 0 bridgehead atoms. The molecule has 11 heavy (non-hydrogen) atoms. The highest BCUT2D eigenvalue weighted by molar-refractivity contribution is 4.64. The molecule has 1 rings (SSSR count). The lowest BCUT2D eigenvalue weighted by atomic mass is 10.4. The van der Waals surface area contributed by atoms with Crippen LogP contribution in [0, 0.1) is 0 Å². The van der Waals surface area contributed by atoms with E-state index in [2.05, 4.69) is 10.2 Å². The summed E-state index contributed by atoms with van der Waals surface area (Å²) >= 11 is 0. The lowest BCUT2D eigenvalue weighted by molar-refractivity contribution is 0.151. The minimum atomic E-state index is 0.847. The van der Waals surface area contributed by atoms with Crippen molar-refractivity contribution in [2.24, 2.45) is 0 Å². The van der Waals surface area contributed by atoms with Crippen LogP contribution in [0.1, 0.15) is 6.42 Å². The Morgan fingerprint density at radius 2 is 2.27 bits per heavy atom. The Morgan fingerprint density at radius 3 is 3.09 bits per heavy atom. The van der Waals surface area contributed by atoms with Crippen molar-refractivity contribution in [2.75, 3.05) is 46.4 Å². The van der Waals surface area contributed by atoms with E-state index in [4.69, 9.17) is 4.74 Å². The molecule has 0 saturated carbocycles. The van der Waals surface area contributed by atoms with Crippen LogP contribution >= 0.6 is 0 Å². The standard InChI is InChI=1S/C8H17N2O/c1-11-8-7-10-5-2-3-9-4-6-10/h2-8H2,1H3. The summed E-state index contributed by atoms with van der Waals surface area (Å²) in [5.74, 6) is 0. The number of hydrogen-bond donors (Lipinski definition) is 0. The van der Waals surface area contributed by atoms with Crippen LogP contribution in [0.15, 0.2) is 0 Å². The van der Waals surface area contributed by atoms with Gasteiger partial charge in [0.25, 0.3) is 0 Å². The lowest BCUT2D eigenvalue weighted by Gasteiger charge is -2.17. The molecule has 1 aliphatic rings. The average Bonchev–Trinajstić information content (AvgIpc) is 2.28. The highest BCUT2D eigenvalue weighted by atomic mass is 16.5. The van der Waals surface area contributed by atoms with Crippen LogP contribution in [0.25, 0.3) is 0 Å². The highest BCUT2D eigenvalue weighted by Gasteiger charge is 2.07. The van der Waals surface area contributed by atoms with E-state index in [0.29, 0.717) is 0 Å². The van der Waals surface area contributed by atoms with E-state index in [1.165, 1.54) is 13.0 Å². The van der Waals surface area contributed by atoms with Gasteiger partial charge in [-0.3, -0.25) is 4.90 Å². The Hall–Kier alpha value is -0.120. The molecule has 65 valence electrons. The summed E-state index contributed by atoms with van der Waals surface area (Å²) in [6.07, 6.45) is 1.21. The number of methoxy groups -OCH3 is 1. The van der Waals surface area contributed by atoms with E-state index in [1.54, 1.807) is 7.11 Å². The zero-order chi connectivity index (χ0) is 7.94. The third-order valence-corrected chi connectivity index (χ3v) is 1.98. The molecule has 0 atom stereocenters. The summed E-state index contributed by atoms with van der Waals surface area (Å²) in [6.45, 7) is 6.26. The van der Waals surface area contributed by atoms with Crippen molar-refractivity contribution in [1.82, 2.24) is 10.2 Å². The topological polar surface area (TPSA) is 26.6 Å². The lowest BCUT2D eigenvalue weighted by Crippen LogP contribution is -2.30. The largest absolute Gasteiger partial charge is 0.383 e. The first-order valence-electron chi connectivity index (χ1n) is 4.28. The van der Waals surface area contributed by atoms with Gasteiger partial charge in [-0.25, -0.2) is 5.32 Å². The van der Waals surface area contributed by atoms with Gasteiger partial charge in [-0.2, -0.15) is 0 Å². The molecule has 0 unspecified atom stereocenters. The van der Waals surface area contributed by atoms with Crippen molar-refractivity contribution in [1.29, 1.82) is 0 Å². The van der Waals surface area contributed by atoms with Crippen LogP contribution in [0.5, 0.6) is 0 Å². The third kappa shape index (κ3) is 3.70. The molecule has 0 aromatic carbocycles. The fraction of sp³-hybridized carbons (Fsp3) is 1.00. The molecule has 1 saturated heterocycles. The van der Waals surface area contributed by atoms with Crippen LogP contribution in [0.3, 0.4) is 0 Å². The van der Waals surface area contributed by atoms with Gasteiger partial charge >= 0.3 is 0 Å². The zero-order valence-electron chi connectivity index (χ0n) is 7.25. The van der Waals surface area contributed by atoms with E-state index in [1.807, 2.05) is 0 Å². The molecule has 0 spiro atoms. The minimum Gasteiger partial charge on any atom is -0.383 e. The first kappa shape index (κ1) is 8.97. The highest BCUT2D eigenvalue weighted by Crippen LogP contribution is 1.94. The number of ether oxygens (including phenoxy) is 1. The molecule has 3 heteroatoms. The fourth-order valence-corrected chi connectivity index (χ4v) is 1.29. The average molecular weight is 157 g/mol. The van der Waals surface area contributed by atoms with Gasteiger partial charge in [-0.1, -0.05) is 0 Å². The zero-order valence-corrected chi connectivity index (χ0v) is 7.25. The van der Waals surface area contributed by atoms with Crippen molar-refractivity contribution < 1.29 is 4.74 Å². The first-order valence-corrected chi connectivity index (χ1v) is 4.28. The van der Waals surface area contributed by atoms with Gasteiger partial charge in [0, 0.05) is 33.3 Å². The quantitative estimate of drug-likeness (QED) is 0.574. The Labute approximate surface area is 68.7 Å². The van der Waals surface area contributed by atoms with Crippen molar-refractivity contribution in [3.05, 3.63) is 0 Å². The summed E-state index contributed by atoms with van der Waals surface area (Å²) in [5.41, 5.74) is 0. The molecule has 1 aliphatic heterocycles. The normalized spacial score (nSPS) is 21.5. The predicted octanol–water partition coefficient (Wildman–Crippen LogP) is -0.0571. The summed E-state index contributed by atoms with van der Waals surface area (Å²) in [5, 5.41) is 4.35. The molecule has 0 aromatic heterocycles. The van der Waals surface area contributed by atoms with Crippen molar-refractivity contribution in [3.8, 4) is 0 Å². The Kier molecular flexibility index (Phi) is 4.50. The molecular formula is C8H17N2O. The number of nitrogens with zero attached hydrogens (tertiary/aromatic N) is 2. The second-order valence-corrected chi connectivity index (χ2v) is 2.86. The molecule has 1 radical (unpaired) electrons. The molecule has 0 N–H and O–H groups in total. The molecule has 0 aliphatic carbocycles. The first-order chi connectivity index (χ1) is 5.43. The number of hydrogen-bond acceptors (Lipinski definition) is 2. The summed E-state index contributed by atoms with van der Waals surface area (Å²) < 4.78 is 5.01. The fourth-order valence-electron chi connectivity index (χ4n) is 1.29. The summed E-state index contributed by atoms with van der Waals surface area (Å²) in [6, 6.07) is 0. The van der Waals surface area contributed by atoms with E-state index >= 15 is 0 Å². The summed E-state index contributed by atoms with van der Waals surface area (Å²) in [7, 11) is 1.75. The van der Waals surface area contributed by atoms with Gasteiger partial charge in [0.05, 0.1) is 6.61 Å². The molecular weight excluding hydrogens is 140 g/mol. The Bertz CT molecular complexity index is 90.1. The maximum Gasteiger partial charge on any atom is 0.0589 e.